The lowest BCUT2D eigenvalue weighted by Gasteiger charge is -2.41. The molecule has 46 heavy (non-hydrogen) atoms. The maximum atomic E-state index is 14.3. The molecule has 2 aromatic carbocycles. The number of amides is 1. The van der Waals surface area contributed by atoms with Crippen LogP contribution in [0, 0.1) is 6.92 Å². The molecule has 2 aliphatic rings. The topological polar surface area (TPSA) is 137 Å². The number of aliphatic hydroxyl groups is 1. The molecule has 3 heterocycles. The minimum atomic E-state index is -1.05. The molecule has 1 saturated heterocycles. The molecular weight excluding hydrogens is 588 g/mol. The Bertz CT molecular complexity index is 1620. The van der Waals surface area contributed by atoms with E-state index >= 15 is 0 Å². The lowest BCUT2D eigenvalue weighted by atomic mass is 9.80. The van der Waals surface area contributed by atoms with Crippen LogP contribution in [0.2, 0.25) is 0 Å². The van der Waals surface area contributed by atoms with Crippen molar-refractivity contribution in [3.63, 3.8) is 0 Å². The zero-order valence-corrected chi connectivity index (χ0v) is 26.6. The number of imidazole rings is 1. The average molecular weight is 631 g/mol. The van der Waals surface area contributed by atoms with Gasteiger partial charge in [0, 0.05) is 57.3 Å². The van der Waals surface area contributed by atoms with Crippen LogP contribution in [-0.2, 0) is 4.74 Å². The van der Waals surface area contributed by atoms with Crippen molar-refractivity contribution in [1.82, 2.24) is 30.0 Å². The zero-order valence-electron chi connectivity index (χ0n) is 26.6. The SMILES string of the molecule is COC[C@]1(O)CCCC[C@H]1n1cnc(C(=O)N2CCNC[C@H]2CCOc2ccc(-c3nnc(C)o3)cc2OC)c1-c1ccccc1. The summed E-state index contributed by atoms with van der Waals surface area (Å²) in [6.07, 6.45) is 5.64. The molecule has 1 aliphatic heterocycles. The molecule has 0 spiro atoms. The van der Waals surface area contributed by atoms with Crippen LogP contribution in [0.5, 0.6) is 11.5 Å². The van der Waals surface area contributed by atoms with Crippen LogP contribution in [0.3, 0.4) is 0 Å². The van der Waals surface area contributed by atoms with Crippen LogP contribution in [0.15, 0.2) is 59.3 Å². The van der Waals surface area contributed by atoms with Crippen molar-refractivity contribution in [2.45, 2.75) is 56.7 Å². The minimum Gasteiger partial charge on any atom is -0.493 e. The summed E-state index contributed by atoms with van der Waals surface area (Å²) in [5.41, 5.74) is 1.69. The van der Waals surface area contributed by atoms with E-state index in [1.54, 1.807) is 27.5 Å². The van der Waals surface area contributed by atoms with E-state index in [1.807, 2.05) is 58.0 Å². The number of methoxy groups -OCH3 is 2. The van der Waals surface area contributed by atoms with Gasteiger partial charge < -0.3 is 38.5 Å². The summed E-state index contributed by atoms with van der Waals surface area (Å²) in [6, 6.07) is 15.0. The van der Waals surface area contributed by atoms with E-state index in [0.29, 0.717) is 68.1 Å². The van der Waals surface area contributed by atoms with Crippen LogP contribution < -0.4 is 14.8 Å². The Labute approximate surface area is 268 Å². The molecule has 0 radical (unpaired) electrons. The number of hydrogen-bond acceptors (Lipinski definition) is 10. The summed E-state index contributed by atoms with van der Waals surface area (Å²) in [4.78, 5) is 21.0. The number of piperazine rings is 1. The molecule has 0 bridgehead atoms. The predicted octanol–water partition coefficient (Wildman–Crippen LogP) is 4.29. The average Bonchev–Trinajstić information content (AvgIpc) is 3.72. The van der Waals surface area contributed by atoms with Crippen molar-refractivity contribution in [3.8, 4) is 34.2 Å². The van der Waals surface area contributed by atoms with Gasteiger partial charge in [0.25, 0.3) is 5.91 Å². The number of rotatable bonds is 11. The highest BCUT2D eigenvalue weighted by atomic mass is 16.5. The third-order valence-corrected chi connectivity index (χ3v) is 8.99. The second-order valence-corrected chi connectivity index (χ2v) is 12.0. The maximum absolute atomic E-state index is 14.3. The van der Waals surface area contributed by atoms with E-state index in [4.69, 9.17) is 23.6 Å². The Kier molecular flexibility index (Phi) is 9.67. The van der Waals surface area contributed by atoms with E-state index < -0.39 is 5.60 Å². The first-order chi connectivity index (χ1) is 22.4. The number of benzene rings is 2. The Balaban J connectivity index is 1.22. The Morgan fingerprint density at radius 3 is 2.72 bits per heavy atom. The monoisotopic (exact) mass is 630 g/mol. The van der Waals surface area contributed by atoms with Crippen molar-refractivity contribution < 1.29 is 28.5 Å². The van der Waals surface area contributed by atoms with Gasteiger partial charge in [-0.3, -0.25) is 4.79 Å². The standard InChI is InChI=1S/C34H42N6O6/c1-23-37-38-32(46-23)25-12-13-27(28(19-25)44-3)45-18-14-26-20-35-16-17-39(26)33(41)30-31(24-9-5-4-6-10-24)40(22-36-30)29-11-7-8-15-34(29,42)21-43-2/h4-6,9-10,12-13,19,22,26,29,35,42H,7-8,11,14-18,20-21H2,1-3H3/t26-,29-,34-/m1/s1. The molecule has 1 saturated carbocycles. The first kappa shape index (κ1) is 31.7. The Morgan fingerprint density at radius 1 is 1.11 bits per heavy atom. The van der Waals surface area contributed by atoms with Gasteiger partial charge in [0.1, 0.15) is 5.60 Å². The Hall–Kier alpha value is -4.26. The number of nitrogens with one attached hydrogen (secondary N) is 1. The van der Waals surface area contributed by atoms with Crippen molar-refractivity contribution in [3.05, 3.63) is 66.4 Å². The molecule has 2 fully saturated rings. The van der Waals surface area contributed by atoms with Gasteiger partial charge in [-0.25, -0.2) is 4.98 Å². The number of carbonyl (C=O) groups excluding carboxylic acids is 1. The van der Waals surface area contributed by atoms with E-state index in [0.717, 1.165) is 36.1 Å². The summed E-state index contributed by atoms with van der Waals surface area (Å²) in [5, 5.41) is 23.1. The molecule has 1 amide bonds. The van der Waals surface area contributed by atoms with E-state index in [9.17, 15) is 9.90 Å². The lowest BCUT2D eigenvalue weighted by Crippen LogP contribution is -2.54. The van der Waals surface area contributed by atoms with Gasteiger partial charge in [-0.1, -0.05) is 43.2 Å². The van der Waals surface area contributed by atoms with Crippen LogP contribution in [0.1, 0.15) is 54.5 Å². The van der Waals surface area contributed by atoms with Gasteiger partial charge in [0.2, 0.25) is 11.8 Å². The normalized spacial score (nSPS) is 21.7. The summed E-state index contributed by atoms with van der Waals surface area (Å²) >= 11 is 0. The van der Waals surface area contributed by atoms with Gasteiger partial charge in [0.05, 0.1) is 38.4 Å². The summed E-state index contributed by atoms with van der Waals surface area (Å²) in [5.74, 6) is 1.90. The molecule has 244 valence electrons. The number of ether oxygens (including phenoxy) is 3. The van der Waals surface area contributed by atoms with Gasteiger partial charge in [-0.2, -0.15) is 0 Å². The highest BCUT2D eigenvalue weighted by molar-refractivity contribution is 5.98. The fourth-order valence-corrected chi connectivity index (χ4v) is 6.72. The third-order valence-electron chi connectivity index (χ3n) is 8.99. The smallest absolute Gasteiger partial charge is 0.275 e. The zero-order chi connectivity index (χ0) is 32.1. The van der Waals surface area contributed by atoms with Gasteiger partial charge in [0.15, 0.2) is 17.2 Å². The maximum Gasteiger partial charge on any atom is 0.275 e. The minimum absolute atomic E-state index is 0.109. The first-order valence-corrected chi connectivity index (χ1v) is 15.9. The fourth-order valence-electron chi connectivity index (χ4n) is 6.72. The molecule has 1 aliphatic carbocycles. The second-order valence-electron chi connectivity index (χ2n) is 12.0. The molecule has 12 heteroatoms. The molecular formula is C34H42N6O6. The van der Waals surface area contributed by atoms with E-state index in [2.05, 4.69) is 15.5 Å². The quantitative estimate of drug-likeness (QED) is 0.247. The van der Waals surface area contributed by atoms with E-state index in [-0.39, 0.29) is 24.6 Å². The van der Waals surface area contributed by atoms with Gasteiger partial charge >= 0.3 is 0 Å². The van der Waals surface area contributed by atoms with Gasteiger partial charge in [-0.05, 0) is 31.0 Å². The number of carbonyl (C=O) groups is 1. The van der Waals surface area contributed by atoms with Crippen molar-refractivity contribution in [2.24, 2.45) is 0 Å². The molecule has 4 aromatic rings. The van der Waals surface area contributed by atoms with Crippen molar-refractivity contribution in [1.29, 1.82) is 0 Å². The van der Waals surface area contributed by atoms with Crippen molar-refractivity contribution >= 4 is 5.91 Å². The summed E-state index contributed by atoms with van der Waals surface area (Å²) in [6.45, 7) is 4.20. The summed E-state index contributed by atoms with van der Waals surface area (Å²) in [7, 11) is 3.20. The second kappa shape index (κ2) is 14.0. The first-order valence-electron chi connectivity index (χ1n) is 15.9. The number of nitrogens with zero attached hydrogens (tertiary/aromatic N) is 5. The summed E-state index contributed by atoms with van der Waals surface area (Å²) < 4.78 is 24.8. The number of aryl methyl sites for hydroxylation is 1. The third kappa shape index (κ3) is 6.51. The fraction of sp³-hybridized carbons (Fsp3) is 0.471. The highest BCUT2D eigenvalue weighted by Crippen LogP contribution is 2.41. The lowest BCUT2D eigenvalue weighted by molar-refractivity contribution is -0.0893. The molecule has 6 rings (SSSR count). The van der Waals surface area contributed by atoms with Crippen LogP contribution in [-0.4, -0.2) is 94.4 Å². The van der Waals surface area contributed by atoms with Crippen LogP contribution >= 0.6 is 0 Å². The molecule has 3 atom stereocenters. The van der Waals surface area contributed by atoms with Crippen molar-refractivity contribution in [2.75, 3.05) is 47.1 Å². The Morgan fingerprint density at radius 2 is 1.96 bits per heavy atom. The number of hydrogen-bond donors (Lipinski definition) is 2. The molecule has 0 unspecified atom stereocenters. The van der Waals surface area contributed by atoms with Crippen LogP contribution in [0.25, 0.3) is 22.7 Å². The molecule has 12 nitrogen and oxygen atoms in total. The largest absolute Gasteiger partial charge is 0.493 e. The number of aromatic nitrogens is 4. The molecule has 2 N–H and O–H groups in total. The molecule has 2 aromatic heterocycles. The highest BCUT2D eigenvalue weighted by Gasteiger charge is 2.42. The predicted molar refractivity (Wildman–Crippen MR) is 171 cm³/mol. The van der Waals surface area contributed by atoms with Crippen LogP contribution in [0.4, 0.5) is 0 Å². The van der Waals surface area contributed by atoms with E-state index in [1.165, 1.54) is 0 Å². The van der Waals surface area contributed by atoms with Gasteiger partial charge in [-0.15, -0.1) is 10.2 Å².